The van der Waals surface area contributed by atoms with Crippen molar-refractivity contribution in [2.45, 2.75) is 47.0 Å². The normalized spacial score (nSPS) is 10.8. The molecule has 2 aromatic heterocycles. The molecular weight excluding hydrogens is 274 g/mol. The number of hydrogen-bond acceptors (Lipinski definition) is 3. The van der Waals surface area contributed by atoms with Crippen LogP contribution >= 0.6 is 12.4 Å². The van der Waals surface area contributed by atoms with Crippen molar-refractivity contribution in [2.75, 3.05) is 0 Å². The van der Waals surface area contributed by atoms with Crippen LogP contribution in [0.25, 0.3) is 0 Å². The maximum atomic E-state index is 4.36. The lowest BCUT2D eigenvalue weighted by Gasteiger charge is -2.10. The molecule has 0 atom stereocenters. The fourth-order valence-electron chi connectivity index (χ4n) is 2.03. The van der Waals surface area contributed by atoms with Crippen LogP contribution in [0.2, 0.25) is 0 Å². The molecule has 0 unspecified atom stereocenters. The van der Waals surface area contributed by atoms with E-state index >= 15 is 0 Å². The molecule has 0 saturated carbocycles. The Morgan fingerprint density at radius 3 is 2.70 bits per heavy atom. The molecule has 2 heterocycles. The van der Waals surface area contributed by atoms with Gasteiger partial charge in [0.15, 0.2) is 0 Å². The van der Waals surface area contributed by atoms with E-state index in [4.69, 9.17) is 0 Å². The topological polar surface area (TPSA) is 47.7 Å². The van der Waals surface area contributed by atoms with Gasteiger partial charge in [-0.25, -0.2) is 0 Å². The molecule has 0 bridgehead atoms. The summed E-state index contributed by atoms with van der Waals surface area (Å²) >= 11 is 0. The highest BCUT2D eigenvalue weighted by Gasteiger charge is 2.04. The van der Waals surface area contributed by atoms with Crippen molar-refractivity contribution in [3.05, 3.63) is 35.9 Å². The van der Waals surface area contributed by atoms with E-state index in [0.717, 1.165) is 26.2 Å². The van der Waals surface area contributed by atoms with Crippen molar-refractivity contribution >= 4 is 12.4 Å². The lowest BCUT2D eigenvalue weighted by molar-refractivity contribution is 0.461. The van der Waals surface area contributed by atoms with Gasteiger partial charge in [0.05, 0.1) is 11.9 Å². The van der Waals surface area contributed by atoms with Crippen molar-refractivity contribution in [1.29, 1.82) is 0 Å². The highest BCUT2D eigenvalue weighted by atomic mass is 35.5. The van der Waals surface area contributed by atoms with Gasteiger partial charge in [-0.15, -0.1) is 12.4 Å². The van der Waals surface area contributed by atoms with Crippen LogP contribution in [0.4, 0.5) is 0 Å². The third-order valence-corrected chi connectivity index (χ3v) is 2.99. The van der Waals surface area contributed by atoms with Gasteiger partial charge in [-0.05, 0) is 18.9 Å². The molecule has 2 aromatic rings. The second-order valence-electron chi connectivity index (χ2n) is 5.21. The van der Waals surface area contributed by atoms with Crippen molar-refractivity contribution in [3.8, 4) is 0 Å². The van der Waals surface area contributed by atoms with E-state index in [2.05, 4.69) is 53.2 Å². The molecule has 0 aliphatic heterocycles. The SMILES string of the molecule is CCn1cc(CNCc2ccnn2CC(C)C)cn1.Cl. The average Bonchev–Trinajstić information content (AvgIpc) is 2.99. The number of aryl methyl sites for hydroxylation is 1. The molecule has 0 fully saturated rings. The van der Waals surface area contributed by atoms with E-state index in [1.54, 1.807) is 0 Å². The van der Waals surface area contributed by atoms with Crippen LogP contribution in [-0.2, 0) is 26.2 Å². The molecule has 112 valence electrons. The largest absolute Gasteiger partial charge is 0.307 e. The fourth-order valence-corrected chi connectivity index (χ4v) is 2.03. The van der Waals surface area contributed by atoms with E-state index in [9.17, 15) is 0 Å². The molecular formula is C14H24ClN5. The maximum Gasteiger partial charge on any atom is 0.0534 e. The molecule has 0 radical (unpaired) electrons. The molecule has 0 aliphatic carbocycles. The van der Waals surface area contributed by atoms with E-state index in [1.807, 2.05) is 17.1 Å². The van der Waals surface area contributed by atoms with E-state index in [1.165, 1.54) is 11.3 Å². The predicted octanol–water partition coefficient (Wildman–Crippen LogP) is 2.47. The summed E-state index contributed by atoms with van der Waals surface area (Å²) in [5, 5.41) is 12.1. The van der Waals surface area contributed by atoms with Crippen LogP contribution in [0.1, 0.15) is 32.0 Å². The summed E-state index contributed by atoms with van der Waals surface area (Å²) in [6.45, 7) is 10.1. The molecule has 0 aliphatic rings. The lowest BCUT2D eigenvalue weighted by Crippen LogP contribution is -2.17. The van der Waals surface area contributed by atoms with E-state index < -0.39 is 0 Å². The number of aromatic nitrogens is 4. The van der Waals surface area contributed by atoms with Crippen molar-refractivity contribution in [1.82, 2.24) is 24.9 Å². The summed E-state index contributed by atoms with van der Waals surface area (Å²) in [7, 11) is 0. The quantitative estimate of drug-likeness (QED) is 0.854. The summed E-state index contributed by atoms with van der Waals surface area (Å²) in [4.78, 5) is 0. The summed E-state index contributed by atoms with van der Waals surface area (Å²) in [6, 6.07) is 2.07. The highest BCUT2D eigenvalue weighted by molar-refractivity contribution is 5.85. The molecule has 5 nitrogen and oxygen atoms in total. The van der Waals surface area contributed by atoms with Gasteiger partial charge in [0.1, 0.15) is 0 Å². The molecule has 0 spiro atoms. The van der Waals surface area contributed by atoms with Gasteiger partial charge in [0.2, 0.25) is 0 Å². The fraction of sp³-hybridized carbons (Fsp3) is 0.571. The van der Waals surface area contributed by atoms with E-state index in [0.29, 0.717) is 5.92 Å². The minimum Gasteiger partial charge on any atom is -0.307 e. The van der Waals surface area contributed by atoms with Crippen LogP contribution in [-0.4, -0.2) is 19.6 Å². The van der Waals surface area contributed by atoms with Crippen LogP contribution < -0.4 is 5.32 Å². The van der Waals surface area contributed by atoms with Crippen LogP contribution in [0, 0.1) is 5.92 Å². The molecule has 2 rings (SSSR count). The number of nitrogens with zero attached hydrogens (tertiary/aromatic N) is 4. The van der Waals surface area contributed by atoms with Crippen LogP contribution in [0.5, 0.6) is 0 Å². The standard InChI is InChI=1S/C14H23N5.ClH/c1-4-18-11-13(8-17-18)7-15-9-14-5-6-16-19(14)10-12(2)3;/h5-6,8,11-12,15H,4,7,9-10H2,1-3H3;1H. The molecule has 6 heteroatoms. The summed E-state index contributed by atoms with van der Waals surface area (Å²) < 4.78 is 4.02. The third kappa shape index (κ3) is 4.65. The first-order valence-electron chi connectivity index (χ1n) is 6.91. The first-order valence-corrected chi connectivity index (χ1v) is 6.91. The Labute approximate surface area is 126 Å². The lowest BCUT2D eigenvalue weighted by atomic mass is 10.2. The summed E-state index contributed by atoms with van der Waals surface area (Å²) in [5.74, 6) is 0.612. The monoisotopic (exact) mass is 297 g/mol. The van der Waals surface area contributed by atoms with Crippen molar-refractivity contribution in [3.63, 3.8) is 0 Å². The van der Waals surface area contributed by atoms with Gasteiger partial charge in [-0.1, -0.05) is 13.8 Å². The number of halogens is 1. The van der Waals surface area contributed by atoms with Crippen LogP contribution in [0.3, 0.4) is 0 Å². The van der Waals surface area contributed by atoms with Crippen molar-refractivity contribution in [2.24, 2.45) is 5.92 Å². The molecule has 20 heavy (non-hydrogen) atoms. The zero-order chi connectivity index (χ0) is 13.7. The smallest absolute Gasteiger partial charge is 0.0534 e. The Kier molecular flexibility index (Phi) is 6.75. The number of nitrogens with one attached hydrogen (secondary N) is 1. The highest BCUT2D eigenvalue weighted by Crippen LogP contribution is 2.04. The predicted molar refractivity (Wildman–Crippen MR) is 82.8 cm³/mol. The van der Waals surface area contributed by atoms with E-state index in [-0.39, 0.29) is 12.4 Å². The van der Waals surface area contributed by atoms with Gasteiger partial charge in [-0.3, -0.25) is 9.36 Å². The van der Waals surface area contributed by atoms with Gasteiger partial charge in [0, 0.05) is 44.1 Å². The van der Waals surface area contributed by atoms with Crippen LogP contribution in [0.15, 0.2) is 24.7 Å². The van der Waals surface area contributed by atoms with Crippen molar-refractivity contribution < 1.29 is 0 Å². The second-order valence-corrected chi connectivity index (χ2v) is 5.21. The summed E-state index contributed by atoms with van der Waals surface area (Å²) in [5.41, 5.74) is 2.45. The Morgan fingerprint density at radius 1 is 1.25 bits per heavy atom. The Hall–Kier alpha value is -1.33. The number of hydrogen-bond donors (Lipinski definition) is 1. The van der Waals surface area contributed by atoms with Gasteiger partial charge >= 0.3 is 0 Å². The summed E-state index contributed by atoms with van der Waals surface area (Å²) in [6.07, 6.45) is 5.87. The molecule has 0 aromatic carbocycles. The molecule has 0 amide bonds. The Morgan fingerprint density at radius 2 is 2.05 bits per heavy atom. The first kappa shape index (κ1) is 16.7. The zero-order valence-corrected chi connectivity index (χ0v) is 13.2. The van der Waals surface area contributed by atoms with Gasteiger partial charge in [-0.2, -0.15) is 10.2 Å². The zero-order valence-electron chi connectivity index (χ0n) is 12.4. The Balaban J connectivity index is 0.00000200. The average molecular weight is 298 g/mol. The minimum absolute atomic E-state index is 0. The second kappa shape index (κ2) is 8.07. The minimum atomic E-state index is 0. The molecule has 1 N–H and O–H groups in total. The Bertz CT molecular complexity index is 503. The first-order chi connectivity index (χ1) is 9.19. The van der Waals surface area contributed by atoms with Gasteiger partial charge in [0.25, 0.3) is 0 Å². The number of rotatable bonds is 7. The maximum absolute atomic E-state index is 4.36. The van der Waals surface area contributed by atoms with Gasteiger partial charge < -0.3 is 5.32 Å². The third-order valence-electron chi connectivity index (χ3n) is 2.99. The molecule has 0 saturated heterocycles.